The third-order valence-corrected chi connectivity index (χ3v) is 4.36. The van der Waals surface area contributed by atoms with Gasteiger partial charge in [-0.3, -0.25) is 9.59 Å². The fourth-order valence-electron chi connectivity index (χ4n) is 2.99. The molecule has 1 heterocycles. The standard InChI is InChI=1S/C19H16F4N2O2/c20-14-5-2-6-15(10-14)25-8-7-16(18(25)27)17(26)24-11-12-3-1-4-13(9-12)19(21,22)23/h1-6,9-10,16H,7-8,11H2,(H,24,26)/t16-/m0/s1. The van der Waals surface area contributed by atoms with Crippen LogP contribution in [0, 0.1) is 11.7 Å². The number of nitrogens with zero attached hydrogens (tertiary/aromatic N) is 1. The molecule has 1 atom stereocenters. The molecule has 0 radical (unpaired) electrons. The van der Waals surface area contributed by atoms with Gasteiger partial charge in [-0.15, -0.1) is 0 Å². The number of carbonyl (C=O) groups excluding carboxylic acids is 2. The summed E-state index contributed by atoms with van der Waals surface area (Å²) >= 11 is 0. The van der Waals surface area contributed by atoms with Crippen molar-refractivity contribution in [2.45, 2.75) is 19.1 Å². The van der Waals surface area contributed by atoms with Gasteiger partial charge in [-0.05, 0) is 42.3 Å². The first-order valence-corrected chi connectivity index (χ1v) is 8.26. The molecule has 1 N–H and O–H groups in total. The smallest absolute Gasteiger partial charge is 0.351 e. The quantitative estimate of drug-likeness (QED) is 0.652. The predicted molar refractivity (Wildman–Crippen MR) is 90.2 cm³/mol. The van der Waals surface area contributed by atoms with Crippen LogP contribution in [0.1, 0.15) is 17.5 Å². The van der Waals surface area contributed by atoms with Crippen LogP contribution in [-0.2, 0) is 22.3 Å². The SMILES string of the molecule is O=C(NCc1cccc(C(F)(F)F)c1)[C@@H]1CCN(c2cccc(F)c2)C1=O. The van der Waals surface area contributed by atoms with Crippen LogP contribution in [0.5, 0.6) is 0 Å². The van der Waals surface area contributed by atoms with Gasteiger partial charge in [0.1, 0.15) is 11.7 Å². The second-order valence-corrected chi connectivity index (χ2v) is 6.23. The summed E-state index contributed by atoms with van der Waals surface area (Å²) in [5, 5.41) is 2.51. The second kappa shape index (κ2) is 7.38. The van der Waals surface area contributed by atoms with Crippen molar-refractivity contribution >= 4 is 17.5 Å². The van der Waals surface area contributed by atoms with E-state index in [1.807, 2.05) is 0 Å². The Balaban J connectivity index is 1.63. The molecule has 142 valence electrons. The highest BCUT2D eigenvalue weighted by molar-refractivity contribution is 6.09. The van der Waals surface area contributed by atoms with Gasteiger partial charge in [0.25, 0.3) is 0 Å². The molecule has 2 amide bonds. The first-order valence-electron chi connectivity index (χ1n) is 8.26. The zero-order chi connectivity index (χ0) is 19.6. The summed E-state index contributed by atoms with van der Waals surface area (Å²) in [4.78, 5) is 26.1. The number of rotatable bonds is 4. The fraction of sp³-hybridized carbons (Fsp3) is 0.263. The number of nitrogens with one attached hydrogen (secondary N) is 1. The molecule has 0 aromatic heterocycles. The van der Waals surface area contributed by atoms with E-state index in [-0.39, 0.29) is 25.1 Å². The van der Waals surface area contributed by atoms with Crippen LogP contribution >= 0.6 is 0 Å². The van der Waals surface area contributed by atoms with Gasteiger partial charge in [-0.2, -0.15) is 13.2 Å². The Morgan fingerprint density at radius 2 is 1.89 bits per heavy atom. The zero-order valence-electron chi connectivity index (χ0n) is 14.1. The number of alkyl halides is 3. The zero-order valence-corrected chi connectivity index (χ0v) is 14.1. The van der Waals surface area contributed by atoms with E-state index in [0.29, 0.717) is 5.69 Å². The molecule has 3 rings (SSSR count). The Kier molecular flexibility index (Phi) is 5.16. The van der Waals surface area contributed by atoms with Crippen LogP contribution < -0.4 is 10.2 Å². The molecule has 8 heteroatoms. The summed E-state index contributed by atoms with van der Waals surface area (Å²) in [6, 6.07) is 10.1. The van der Waals surface area contributed by atoms with E-state index < -0.39 is 35.3 Å². The summed E-state index contributed by atoms with van der Waals surface area (Å²) in [5.74, 6) is -2.45. The summed E-state index contributed by atoms with van der Waals surface area (Å²) in [6.45, 7) is 0.149. The fourth-order valence-corrected chi connectivity index (χ4v) is 2.99. The molecule has 1 aliphatic heterocycles. The number of hydrogen-bond acceptors (Lipinski definition) is 2. The molecule has 0 spiro atoms. The van der Waals surface area contributed by atoms with E-state index in [4.69, 9.17) is 0 Å². The third-order valence-electron chi connectivity index (χ3n) is 4.36. The Labute approximate surface area is 152 Å². The molecule has 1 aliphatic rings. The van der Waals surface area contributed by atoms with Crippen LogP contribution in [0.25, 0.3) is 0 Å². The van der Waals surface area contributed by atoms with E-state index in [1.165, 1.54) is 35.2 Å². The second-order valence-electron chi connectivity index (χ2n) is 6.23. The van der Waals surface area contributed by atoms with Crippen molar-refractivity contribution < 1.29 is 27.2 Å². The van der Waals surface area contributed by atoms with Crippen LogP contribution in [0.15, 0.2) is 48.5 Å². The molecule has 1 saturated heterocycles. The number of hydrogen-bond donors (Lipinski definition) is 1. The number of halogens is 4. The van der Waals surface area contributed by atoms with Crippen molar-refractivity contribution in [3.63, 3.8) is 0 Å². The van der Waals surface area contributed by atoms with E-state index in [9.17, 15) is 27.2 Å². The molecule has 2 aromatic rings. The molecule has 0 saturated carbocycles. The highest BCUT2D eigenvalue weighted by Gasteiger charge is 2.37. The summed E-state index contributed by atoms with van der Waals surface area (Å²) < 4.78 is 51.5. The summed E-state index contributed by atoms with van der Waals surface area (Å²) in [6.07, 6.45) is -4.21. The van der Waals surface area contributed by atoms with Gasteiger partial charge in [0, 0.05) is 18.8 Å². The first kappa shape index (κ1) is 18.9. The molecular weight excluding hydrogens is 364 g/mol. The number of amides is 2. The highest BCUT2D eigenvalue weighted by atomic mass is 19.4. The molecule has 2 aromatic carbocycles. The molecule has 4 nitrogen and oxygen atoms in total. The predicted octanol–water partition coefficient (Wildman–Crippen LogP) is 3.51. The van der Waals surface area contributed by atoms with Gasteiger partial charge >= 0.3 is 6.18 Å². The van der Waals surface area contributed by atoms with Gasteiger partial charge < -0.3 is 10.2 Å². The molecular formula is C19H16F4N2O2. The largest absolute Gasteiger partial charge is 0.416 e. The van der Waals surface area contributed by atoms with Gasteiger partial charge in [0.05, 0.1) is 5.56 Å². The Morgan fingerprint density at radius 3 is 2.59 bits per heavy atom. The Hall–Kier alpha value is -2.90. The maximum atomic E-state index is 13.3. The Bertz CT molecular complexity index is 867. The average Bonchev–Trinajstić information content (AvgIpc) is 3.01. The number of carbonyl (C=O) groups is 2. The average molecular weight is 380 g/mol. The van der Waals surface area contributed by atoms with Gasteiger partial charge in [-0.1, -0.05) is 18.2 Å². The third kappa shape index (κ3) is 4.27. The minimum atomic E-state index is -4.47. The number of benzene rings is 2. The minimum Gasteiger partial charge on any atom is -0.351 e. The van der Waals surface area contributed by atoms with Crippen LogP contribution in [0.3, 0.4) is 0 Å². The normalized spacial score (nSPS) is 17.3. The highest BCUT2D eigenvalue weighted by Crippen LogP contribution is 2.30. The van der Waals surface area contributed by atoms with Crippen LogP contribution in [0.2, 0.25) is 0 Å². The molecule has 0 aliphatic carbocycles. The summed E-state index contributed by atoms with van der Waals surface area (Å²) in [7, 11) is 0. The lowest BCUT2D eigenvalue weighted by atomic mass is 10.1. The van der Waals surface area contributed by atoms with E-state index in [2.05, 4.69) is 5.32 Å². The molecule has 1 fully saturated rings. The van der Waals surface area contributed by atoms with Gasteiger partial charge in [0.15, 0.2) is 0 Å². The minimum absolute atomic E-state index is 0.119. The first-order chi connectivity index (χ1) is 12.8. The maximum Gasteiger partial charge on any atom is 0.416 e. The summed E-state index contributed by atoms with van der Waals surface area (Å²) in [5.41, 5.74) is -0.151. The maximum absolute atomic E-state index is 13.3. The molecule has 27 heavy (non-hydrogen) atoms. The van der Waals surface area contributed by atoms with Crippen molar-refractivity contribution in [2.24, 2.45) is 5.92 Å². The number of anilines is 1. The van der Waals surface area contributed by atoms with Crippen molar-refractivity contribution in [1.29, 1.82) is 0 Å². The van der Waals surface area contributed by atoms with E-state index in [1.54, 1.807) is 6.07 Å². The van der Waals surface area contributed by atoms with E-state index >= 15 is 0 Å². The lowest BCUT2D eigenvalue weighted by Crippen LogP contribution is -2.36. The molecule has 0 bridgehead atoms. The van der Waals surface area contributed by atoms with E-state index in [0.717, 1.165) is 12.1 Å². The lowest BCUT2D eigenvalue weighted by molar-refractivity contribution is -0.137. The van der Waals surface area contributed by atoms with Crippen molar-refractivity contribution in [3.05, 3.63) is 65.5 Å². The Morgan fingerprint density at radius 1 is 1.15 bits per heavy atom. The van der Waals surface area contributed by atoms with Crippen molar-refractivity contribution in [2.75, 3.05) is 11.4 Å². The van der Waals surface area contributed by atoms with Gasteiger partial charge in [0.2, 0.25) is 11.8 Å². The topological polar surface area (TPSA) is 49.4 Å². The van der Waals surface area contributed by atoms with Crippen LogP contribution in [0.4, 0.5) is 23.2 Å². The van der Waals surface area contributed by atoms with Crippen molar-refractivity contribution in [3.8, 4) is 0 Å². The lowest BCUT2D eigenvalue weighted by Gasteiger charge is -2.17. The van der Waals surface area contributed by atoms with Crippen molar-refractivity contribution in [1.82, 2.24) is 5.32 Å². The monoisotopic (exact) mass is 380 g/mol. The molecule has 0 unspecified atom stereocenters. The van der Waals surface area contributed by atoms with Gasteiger partial charge in [-0.25, -0.2) is 4.39 Å². The van der Waals surface area contributed by atoms with Crippen LogP contribution in [-0.4, -0.2) is 18.4 Å².